The number of hydrogen-bond donors (Lipinski definition) is 1. The summed E-state index contributed by atoms with van der Waals surface area (Å²) < 4.78 is 0. The van der Waals surface area contributed by atoms with E-state index < -0.39 is 0 Å². The molecule has 4 heteroatoms. The lowest BCUT2D eigenvalue weighted by Crippen LogP contribution is -2.46. The van der Waals surface area contributed by atoms with E-state index in [2.05, 4.69) is 39.0 Å². The third kappa shape index (κ3) is 3.11. The Morgan fingerprint density at radius 3 is 2.37 bits per heavy atom. The molecule has 0 saturated carbocycles. The van der Waals surface area contributed by atoms with Crippen molar-refractivity contribution in [3.8, 4) is 0 Å². The van der Waals surface area contributed by atoms with Gasteiger partial charge in [-0.25, -0.2) is 0 Å². The van der Waals surface area contributed by atoms with Crippen LogP contribution in [-0.4, -0.2) is 36.1 Å². The van der Waals surface area contributed by atoms with E-state index in [1.807, 2.05) is 18.3 Å². The molecule has 1 fully saturated rings. The zero-order chi connectivity index (χ0) is 13.1. The SMILES string of the molecule is Clc1ccc(N2CCN(Cc3ccc[nH]3)CC2)cc1. The second-order valence-corrected chi connectivity index (χ2v) is 5.37. The highest BCUT2D eigenvalue weighted by Gasteiger charge is 2.17. The van der Waals surface area contributed by atoms with Gasteiger partial charge in [-0.1, -0.05) is 11.6 Å². The fourth-order valence-electron chi connectivity index (χ4n) is 2.52. The minimum Gasteiger partial charge on any atom is -0.369 e. The van der Waals surface area contributed by atoms with Gasteiger partial charge in [0, 0.05) is 55.3 Å². The van der Waals surface area contributed by atoms with Crippen molar-refractivity contribution in [3.05, 3.63) is 53.3 Å². The van der Waals surface area contributed by atoms with Gasteiger partial charge in [0.15, 0.2) is 0 Å². The molecule has 1 aliphatic heterocycles. The molecule has 19 heavy (non-hydrogen) atoms. The number of nitrogens with one attached hydrogen (secondary N) is 1. The molecular weight excluding hydrogens is 258 g/mol. The summed E-state index contributed by atoms with van der Waals surface area (Å²) in [6.07, 6.45) is 1.99. The van der Waals surface area contributed by atoms with Gasteiger partial charge in [-0.05, 0) is 36.4 Å². The van der Waals surface area contributed by atoms with Crippen molar-refractivity contribution in [1.82, 2.24) is 9.88 Å². The van der Waals surface area contributed by atoms with Crippen molar-refractivity contribution < 1.29 is 0 Å². The molecule has 0 aliphatic carbocycles. The van der Waals surface area contributed by atoms with Crippen LogP contribution in [0.2, 0.25) is 5.02 Å². The normalized spacial score (nSPS) is 16.8. The first-order valence-electron chi connectivity index (χ1n) is 6.66. The molecule has 1 aromatic carbocycles. The number of H-pyrrole nitrogens is 1. The Kier molecular flexibility index (Phi) is 3.76. The van der Waals surface area contributed by atoms with E-state index >= 15 is 0 Å². The summed E-state index contributed by atoms with van der Waals surface area (Å²) in [6, 6.07) is 12.3. The van der Waals surface area contributed by atoms with E-state index in [-0.39, 0.29) is 0 Å². The third-order valence-electron chi connectivity index (χ3n) is 3.62. The Hall–Kier alpha value is -1.45. The van der Waals surface area contributed by atoms with Gasteiger partial charge in [0.1, 0.15) is 0 Å². The van der Waals surface area contributed by atoms with Crippen LogP contribution in [0, 0.1) is 0 Å². The fourth-order valence-corrected chi connectivity index (χ4v) is 2.65. The number of aromatic amines is 1. The summed E-state index contributed by atoms with van der Waals surface area (Å²) in [4.78, 5) is 8.17. The molecule has 0 atom stereocenters. The number of aromatic nitrogens is 1. The zero-order valence-corrected chi connectivity index (χ0v) is 11.6. The van der Waals surface area contributed by atoms with E-state index in [0.29, 0.717) is 0 Å². The van der Waals surface area contributed by atoms with Crippen molar-refractivity contribution >= 4 is 17.3 Å². The molecule has 1 aliphatic rings. The topological polar surface area (TPSA) is 22.3 Å². The summed E-state index contributed by atoms with van der Waals surface area (Å²) in [5.74, 6) is 0. The average Bonchev–Trinajstić information content (AvgIpc) is 2.94. The standard InChI is InChI=1S/C15H18ClN3/c16-13-3-5-15(6-4-13)19-10-8-18(9-11-19)12-14-2-1-7-17-14/h1-7,17H,8-12H2. The lowest BCUT2D eigenvalue weighted by Gasteiger charge is -2.36. The maximum absolute atomic E-state index is 5.92. The van der Waals surface area contributed by atoms with Gasteiger partial charge in [0.25, 0.3) is 0 Å². The van der Waals surface area contributed by atoms with Gasteiger partial charge in [-0.2, -0.15) is 0 Å². The predicted octanol–water partition coefficient (Wildman–Crippen LogP) is 2.99. The van der Waals surface area contributed by atoms with Gasteiger partial charge < -0.3 is 9.88 Å². The van der Waals surface area contributed by atoms with Crippen LogP contribution >= 0.6 is 11.6 Å². The number of rotatable bonds is 3. The van der Waals surface area contributed by atoms with Crippen molar-refractivity contribution in [1.29, 1.82) is 0 Å². The Morgan fingerprint density at radius 1 is 1.00 bits per heavy atom. The van der Waals surface area contributed by atoms with E-state index in [1.54, 1.807) is 0 Å². The Balaban J connectivity index is 1.56. The lowest BCUT2D eigenvalue weighted by atomic mass is 10.2. The highest BCUT2D eigenvalue weighted by atomic mass is 35.5. The average molecular weight is 276 g/mol. The molecule has 0 bridgehead atoms. The number of halogens is 1. The molecule has 3 rings (SSSR count). The molecular formula is C15H18ClN3. The van der Waals surface area contributed by atoms with E-state index in [9.17, 15) is 0 Å². The number of nitrogens with zero attached hydrogens (tertiary/aromatic N) is 2. The second-order valence-electron chi connectivity index (χ2n) is 4.93. The van der Waals surface area contributed by atoms with Crippen LogP contribution < -0.4 is 4.90 Å². The first kappa shape index (κ1) is 12.6. The Labute approximate surface area is 118 Å². The molecule has 1 aromatic heterocycles. The van der Waals surface area contributed by atoms with Crippen LogP contribution in [0.15, 0.2) is 42.6 Å². The smallest absolute Gasteiger partial charge is 0.0407 e. The van der Waals surface area contributed by atoms with E-state index in [0.717, 1.165) is 37.7 Å². The van der Waals surface area contributed by atoms with Gasteiger partial charge >= 0.3 is 0 Å². The first-order chi connectivity index (χ1) is 9.31. The Morgan fingerprint density at radius 2 is 1.74 bits per heavy atom. The van der Waals surface area contributed by atoms with Gasteiger partial charge in [0.05, 0.1) is 0 Å². The summed E-state index contributed by atoms with van der Waals surface area (Å²) in [6.45, 7) is 5.36. The van der Waals surface area contributed by atoms with Crippen LogP contribution in [0.3, 0.4) is 0 Å². The molecule has 100 valence electrons. The van der Waals surface area contributed by atoms with Crippen LogP contribution in [-0.2, 0) is 6.54 Å². The zero-order valence-electron chi connectivity index (χ0n) is 10.8. The number of piperazine rings is 1. The van der Waals surface area contributed by atoms with Crippen molar-refractivity contribution in [2.24, 2.45) is 0 Å². The quantitative estimate of drug-likeness (QED) is 0.930. The van der Waals surface area contributed by atoms with Gasteiger partial charge in [-0.3, -0.25) is 4.90 Å². The molecule has 2 heterocycles. The minimum atomic E-state index is 0.800. The van der Waals surface area contributed by atoms with Crippen molar-refractivity contribution in [3.63, 3.8) is 0 Å². The molecule has 0 unspecified atom stereocenters. The van der Waals surface area contributed by atoms with E-state index in [1.165, 1.54) is 11.4 Å². The molecule has 0 amide bonds. The number of hydrogen-bond acceptors (Lipinski definition) is 2. The molecule has 1 saturated heterocycles. The fraction of sp³-hybridized carbons (Fsp3) is 0.333. The number of anilines is 1. The summed E-state index contributed by atoms with van der Waals surface area (Å²) in [5, 5.41) is 0.800. The van der Waals surface area contributed by atoms with Crippen molar-refractivity contribution in [2.75, 3.05) is 31.1 Å². The maximum atomic E-state index is 5.92. The monoisotopic (exact) mass is 275 g/mol. The highest BCUT2D eigenvalue weighted by Crippen LogP contribution is 2.19. The predicted molar refractivity (Wildman–Crippen MR) is 79.7 cm³/mol. The molecule has 2 aromatic rings. The summed E-state index contributed by atoms with van der Waals surface area (Å²) in [7, 11) is 0. The van der Waals surface area contributed by atoms with E-state index in [4.69, 9.17) is 11.6 Å². The summed E-state index contributed by atoms with van der Waals surface area (Å²) in [5.41, 5.74) is 2.56. The van der Waals surface area contributed by atoms with Crippen molar-refractivity contribution in [2.45, 2.75) is 6.54 Å². The number of benzene rings is 1. The lowest BCUT2D eigenvalue weighted by molar-refractivity contribution is 0.247. The van der Waals surface area contributed by atoms with Crippen LogP contribution in [0.5, 0.6) is 0 Å². The molecule has 1 N–H and O–H groups in total. The molecule has 0 spiro atoms. The van der Waals surface area contributed by atoms with Gasteiger partial charge in [-0.15, -0.1) is 0 Å². The Bertz CT molecular complexity index is 499. The molecule has 0 radical (unpaired) electrons. The van der Waals surface area contributed by atoms with Crippen LogP contribution in [0.1, 0.15) is 5.69 Å². The first-order valence-corrected chi connectivity index (χ1v) is 7.04. The largest absolute Gasteiger partial charge is 0.369 e. The van der Waals surface area contributed by atoms with Crippen LogP contribution in [0.25, 0.3) is 0 Å². The minimum absolute atomic E-state index is 0.800. The molecule has 3 nitrogen and oxygen atoms in total. The highest BCUT2D eigenvalue weighted by molar-refractivity contribution is 6.30. The summed E-state index contributed by atoms with van der Waals surface area (Å²) >= 11 is 5.92. The van der Waals surface area contributed by atoms with Gasteiger partial charge in [0.2, 0.25) is 0 Å². The maximum Gasteiger partial charge on any atom is 0.0407 e. The van der Waals surface area contributed by atoms with Crippen LogP contribution in [0.4, 0.5) is 5.69 Å². The third-order valence-corrected chi connectivity index (χ3v) is 3.87. The second kappa shape index (κ2) is 5.68.